The van der Waals surface area contributed by atoms with Gasteiger partial charge < -0.3 is 5.32 Å². The second-order valence-corrected chi connectivity index (χ2v) is 4.13. The highest BCUT2D eigenvalue weighted by molar-refractivity contribution is 6.31. The molecule has 1 aromatic carbocycles. The normalized spacial score (nSPS) is 21.3. The summed E-state index contributed by atoms with van der Waals surface area (Å²) in [5.74, 6) is 0. The van der Waals surface area contributed by atoms with Crippen LogP contribution in [0.1, 0.15) is 29.7 Å². The van der Waals surface area contributed by atoms with Crippen LogP contribution in [0.5, 0.6) is 0 Å². The van der Waals surface area contributed by atoms with Gasteiger partial charge in [-0.25, -0.2) is 0 Å². The molecular formula is C11H14ClN. The van der Waals surface area contributed by atoms with Crippen LogP contribution >= 0.6 is 11.6 Å². The Morgan fingerprint density at radius 3 is 3.00 bits per heavy atom. The van der Waals surface area contributed by atoms with Gasteiger partial charge in [-0.1, -0.05) is 17.7 Å². The summed E-state index contributed by atoms with van der Waals surface area (Å²) in [6.45, 7) is 5.32. The van der Waals surface area contributed by atoms with Crippen molar-refractivity contribution in [2.24, 2.45) is 0 Å². The first-order valence-corrected chi connectivity index (χ1v) is 5.08. The molecule has 1 nitrogen and oxygen atoms in total. The summed E-state index contributed by atoms with van der Waals surface area (Å²) in [6, 6.07) is 4.79. The third-order valence-electron chi connectivity index (χ3n) is 2.73. The Balaban J connectivity index is 2.52. The summed E-state index contributed by atoms with van der Waals surface area (Å²) >= 11 is 6.07. The summed E-state index contributed by atoms with van der Waals surface area (Å²) in [5, 5.41) is 4.34. The lowest BCUT2D eigenvalue weighted by atomic mass is 9.94. The summed E-state index contributed by atoms with van der Waals surface area (Å²) in [4.78, 5) is 0. The topological polar surface area (TPSA) is 12.0 Å². The molecule has 1 aliphatic heterocycles. The van der Waals surface area contributed by atoms with Gasteiger partial charge in [0.2, 0.25) is 0 Å². The SMILES string of the molecule is Cc1cc2c(cc1Cl)CCNC2C. The molecule has 2 heteroatoms. The maximum absolute atomic E-state index is 6.07. The lowest BCUT2D eigenvalue weighted by Gasteiger charge is -2.24. The van der Waals surface area contributed by atoms with Crippen molar-refractivity contribution in [3.05, 3.63) is 33.8 Å². The monoisotopic (exact) mass is 195 g/mol. The van der Waals surface area contributed by atoms with Gasteiger partial charge >= 0.3 is 0 Å². The molecule has 1 heterocycles. The van der Waals surface area contributed by atoms with E-state index >= 15 is 0 Å². The van der Waals surface area contributed by atoms with Crippen LogP contribution < -0.4 is 5.32 Å². The van der Waals surface area contributed by atoms with E-state index < -0.39 is 0 Å². The first-order chi connectivity index (χ1) is 6.18. The van der Waals surface area contributed by atoms with Crippen molar-refractivity contribution in [2.45, 2.75) is 26.3 Å². The van der Waals surface area contributed by atoms with Gasteiger partial charge in [-0.2, -0.15) is 0 Å². The molecule has 0 saturated heterocycles. The van der Waals surface area contributed by atoms with E-state index in [0.29, 0.717) is 6.04 Å². The van der Waals surface area contributed by atoms with Crippen LogP contribution in [0.3, 0.4) is 0 Å². The Morgan fingerprint density at radius 2 is 2.23 bits per heavy atom. The fraction of sp³-hybridized carbons (Fsp3) is 0.455. The van der Waals surface area contributed by atoms with Crippen molar-refractivity contribution in [3.8, 4) is 0 Å². The fourth-order valence-corrected chi connectivity index (χ4v) is 2.08. The van der Waals surface area contributed by atoms with E-state index in [4.69, 9.17) is 11.6 Å². The molecule has 0 bridgehead atoms. The molecule has 1 unspecified atom stereocenters. The minimum Gasteiger partial charge on any atom is -0.310 e. The number of hydrogen-bond acceptors (Lipinski definition) is 1. The molecule has 0 spiro atoms. The zero-order valence-electron chi connectivity index (χ0n) is 8.02. The number of halogens is 1. The quantitative estimate of drug-likeness (QED) is 0.672. The second-order valence-electron chi connectivity index (χ2n) is 3.73. The molecule has 1 atom stereocenters. The van der Waals surface area contributed by atoms with E-state index in [2.05, 4.69) is 31.3 Å². The Bertz CT molecular complexity index is 333. The fourth-order valence-electron chi connectivity index (χ4n) is 1.90. The van der Waals surface area contributed by atoms with Crippen LogP contribution in [-0.2, 0) is 6.42 Å². The van der Waals surface area contributed by atoms with Crippen molar-refractivity contribution < 1.29 is 0 Å². The molecule has 2 rings (SSSR count). The molecule has 0 radical (unpaired) electrons. The second kappa shape index (κ2) is 3.32. The predicted octanol–water partition coefficient (Wildman–Crippen LogP) is 2.86. The van der Waals surface area contributed by atoms with E-state index in [9.17, 15) is 0 Å². The number of fused-ring (bicyclic) bond motifs is 1. The standard InChI is InChI=1S/C11H14ClN/c1-7-5-10-8(2)13-4-3-9(10)6-11(7)12/h5-6,8,13H,3-4H2,1-2H3. The minimum atomic E-state index is 0.472. The van der Waals surface area contributed by atoms with Crippen LogP contribution in [0.4, 0.5) is 0 Å². The zero-order chi connectivity index (χ0) is 9.42. The molecule has 0 aromatic heterocycles. The molecule has 1 aromatic rings. The third kappa shape index (κ3) is 1.59. The van der Waals surface area contributed by atoms with E-state index in [0.717, 1.165) is 18.0 Å². The van der Waals surface area contributed by atoms with Gasteiger partial charge in [0.1, 0.15) is 0 Å². The maximum atomic E-state index is 6.07. The molecule has 1 N–H and O–H groups in total. The average Bonchev–Trinajstić information content (AvgIpc) is 2.09. The van der Waals surface area contributed by atoms with E-state index in [-0.39, 0.29) is 0 Å². The van der Waals surface area contributed by atoms with E-state index in [1.165, 1.54) is 16.7 Å². The molecule has 0 aliphatic carbocycles. The number of hydrogen-bond donors (Lipinski definition) is 1. The zero-order valence-corrected chi connectivity index (χ0v) is 8.78. The predicted molar refractivity (Wildman–Crippen MR) is 56.3 cm³/mol. The Labute approximate surface area is 84.1 Å². The molecule has 13 heavy (non-hydrogen) atoms. The van der Waals surface area contributed by atoms with Gasteiger partial charge in [0.25, 0.3) is 0 Å². The lowest BCUT2D eigenvalue weighted by Crippen LogP contribution is -2.27. The number of rotatable bonds is 0. The molecular weight excluding hydrogens is 182 g/mol. The average molecular weight is 196 g/mol. The van der Waals surface area contributed by atoms with Crippen molar-refractivity contribution >= 4 is 11.6 Å². The van der Waals surface area contributed by atoms with Gasteiger partial charge in [0.15, 0.2) is 0 Å². The summed E-state index contributed by atoms with van der Waals surface area (Å²) in [5.41, 5.74) is 3.99. The largest absolute Gasteiger partial charge is 0.310 e. The first-order valence-electron chi connectivity index (χ1n) is 4.71. The highest BCUT2D eigenvalue weighted by Crippen LogP contribution is 2.27. The smallest absolute Gasteiger partial charge is 0.0438 e. The molecule has 0 amide bonds. The van der Waals surface area contributed by atoms with Crippen molar-refractivity contribution in [1.82, 2.24) is 5.32 Å². The molecule has 1 aliphatic rings. The van der Waals surface area contributed by atoms with Crippen molar-refractivity contribution in [1.29, 1.82) is 0 Å². The maximum Gasteiger partial charge on any atom is 0.0438 e. The highest BCUT2D eigenvalue weighted by atomic mass is 35.5. The minimum absolute atomic E-state index is 0.472. The molecule has 70 valence electrons. The van der Waals surface area contributed by atoms with Gasteiger partial charge in [-0.05, 0) is 49.6 Å². The third-order valence-corrected chi connectivity index (χ3v) is 3.14. The highest BCUT2D eigenvalue weighted by Gasteiger charge is 2.16. The lowest BCUT2D eigenvalue weighted by molar-refractivity contribution is 0.540. The number of benzene rings is 1. The molecule has 0 saturated carbocycles. The van der Waals surface area contributed by atoms with E-state index in [1.807, 2.05) is 0 Å². The van der Waals surface area contributed by atoms with Crippen LogP contribution in [-0.4, -0.2) is 6.54 Å². The Morgan fingerprint density at radius 1 is 1.46 bits per heavy atom. The van der Waals surface area contributed by atoms with Crippen LogP contribution in [0.25, 0.3) is 0 Å². The number of nitrogens with one attached hydrogen (secondary N) is 1. The Kier molecular flexibility index (Phi) is 2.31. The summed E-state index contributed by atoms with van der Waals surface area (Å²) in [7, 11) is 0. The first kappa shape index (κ1) is 9.04. The van der Waals surface area contributed by atoms with Gasteiger partial charge in [-0.15, -0.1) is 0 Å². The summed E-state index contributed by atoms with van der Waals surface area (Å²) in [6.07, 6.45) is 1.10. The number of aryl methyl sites for hydroxylation is 1. The van der Waals surface area contributed by atoms with Gasteiger partial charge in [0, 0.05) is 11.1 Å². The Hall–Kier alpha value is -0.530. The van der Waals surface area contributed by atoms with Gasteiger partial charge in [0.05, 0.1) is 0 Å². The van der Waals surface area contributed by atoms with E-state index in [1.54, 1.807) is 0 Å². The van der Waals surface area contributed by atoms with Crippen LogP contribution in [0.2, 0.25) is 5.02 Å². The van der Waals surface area contributed by atoms with Crippen molar-refractivity contribution in [2.75, 3.05) is 6.54 Å². The van der Waals surface area contributed by atoms with Gasteiger partial charge in [-0.3, -0.25) is 0 Å². The van der Waals surface area contributed by atoms with Crippen molar-refractivity contribution in [3.63, 3.8) is 0 Å². The molecule has 0 fully saturated rings. The van der Waals surface area contributed by atoms with Crippen LogP contribution in [0.15, 0.2) is 12.1 Å². The summed E-state index contributed by atoms with van der Waals surface area (Å²) < 4.78 is 0. The van der Waals surface area contributed by atoms with Crippen LogP contribution in [0, 0.1) is 6.92 Å².